The smallest absolute Gasteiger partial charge is 0.326 e. The summed E-state index contributed by atoms with van der Waals surface area (Å²) in [4.78, 5) is 28.8. The van der Waals surface area contributed by atoms with Gasteiger partial charge in [-0.25, -0.2) is 9.18 Å². The number of hydrogen-bond acceptors (Lipinski definition) is 4. The molecular weight excluding hydrogens is 566 g/mol. The van der Waals surface area contributed by atoms with E-state index in [1.54, 1.807) is 24.3 Å². The molecule has 0 aliphatic rings. The van der Waals surface area contributed by atoms with E-state index in [1.807, 2.05) is 36.4 Å². The summed E-state index contributed by atoms with van der Waals surface area (Å²) < 4.78 is 19.4. The Morgan fingerprint density at radius 1 is 0.818 bits per heavy atom. The number of aliphatic carboxylic acids is 1. The van der Waals surface area contributed by atoms with Crippen molar-refractivity contribution in [1.82, 2.24) is 4.98 Å². The van der Waals surface area contributed by atoms with Crippen molar-refractivity contribution in [2.75, 3.05) is 11.9 Å². The molecule has 8 heteroatoms. The van der Waals surface area contributed by atoms with E-state index in [9.17, 15) is 19.1 Å². The number of halogens is 1. The zero-order chi connectivity index (χ0) is 29.8. The largest absolute Gasteiger partial charge is 0.493 e. The number of H-pyrrole nitrogens is 1. The number of ketones is 1. The van der Waals surface area contributed by atoms with Gasteiger partial charge in [-0.1, -0.05) is 60.7 Å². The summed E-state index contributed by atoms with van der Waals surface area (Å²) in [5.74, 6) is -1.11. The second-order valence-electron chi connectivity index (χ2n) is 10.4. The number of carbonyl (C=O) groups excluding carboxylic acids is 1. The van der Waals surface area contributed by atoms with Crippen LogP contribution < -0.4 is 10.1 Å². The van der Waals surface area contributed by atoms with Gasteiger partial charge in [0.2, 0.25) is 0 Å². The Kier molecular flexibility index (Phi) is 9.80. The van der Waals surface area contributed by atoms with Gasteiger partial charge in [0, 0.05) is 81.0 Å². The third-order valence-electron chi connectivity index (χ3n) is 7.54. The van der Waals surface area contributed by atoms with Gasteiger partial charge in [0.15, 0.2) is 5.78 Å². The molecule has 44 heavy (non-hydrogen) atoms. The number of nitrogens with one attached hydrogen (secondary N) is 2. The zero-order valence-electron chi connectivity index (χ0n) is 24.2. The predicted molar refractivity (Wildman–Crippen MR) is 172 cm³/mol. The molecule has 6 aromatic rings. The van der Waals surface area contributed by atoms with E-state index < -0.39 is 17.8 Å². The van der Waals surface area contributed by atoms with Gasteiger partial charge in [-0.05, 0) is 65.7 Å². The van der Waals surface area contributed by atoms with Gasteiger partial charge in [-0.3, -0.25) is 4.79 Å². The van der Waals surface area contributed by atoms with Gasteiger partial charge in [-0.15, -0.1) is 0 Å². The van der Waals surface area contributed by atoms with Crippen molar-refractivity contribution in [3.63, 3.8) is 0 Å². The summed E-state index contributed by atoms with van der Waals surface area (Å²) in [6.07, 6.45) is 0.921. The second kappa shape index (κ2) is 13.9. The van der Waals surface area contributed by atoms with E-state index >= 15 is 0 Å². The van der Waals surface area contributed by atoms with Gasteiger partial charge in [0.1, 0.15) is 17.6 Å². The molecule has 1 aromatic heterocycles. The van der Waals surface area contributed by atoms with Crippen molar-refractivity contribution in [2.45, 2.75) is 18.9 Å². The van der Waals surface area contributed by atoms with Crippen LogP contribution in [0.5, 0.6) is 5.75 Å². The molecule has 0 spiro atoms. The molecule has 1 atom stereocenters. The fourth-order valence-electron chi connectivity index (χ4n) is 5.33. The van der Waals surface area contributed by atoms with E-state index in [-0.39, 0.29) is 41.8 Å². The average molecular weight is 596 g/mol. The van der Waals surface area contributed by atoms with Crippen LogP contribution >= 0.6 is 0 Å². The fraction of sp³-hybridized carbons (Fsp3) is 0.111. The number of hydrogen-bond donors (Lipinski definition) is 3. The maximum atomic E-state index is 13.3. The quantitative estimate of drug-likeness (QED) is 0.110. The van der Waals surface area contributed by atoms with E-state index in [4.69, 9.17) is 4.74 Å². The van der Waals surface area contributed by atoms with Gasteiger partial charge in [-0.2, -0.15) is 0 Å². The van der Waals surface area contributed by atoms with Gasteiger partial charge < -0.3 is 20.1 Å². The maximum absolute atomic E-state index is 13.3. The number of anilines is 1. The Balaban J connectivity index is 0.00000384. The molecular formula is C36H29FN2NaO4. The van der Waals surface area contributed by atoms with E-state index in [0.29, 0.717) is 29.2 Å². The Morgan fingerprint density at radius 3 is 2.30 bits per heavy atom. The van der Waals surface area contributed by atoms with Gasteiger partial charge >= 0.3 is 5.97 Å². The van der Waals surface area contributed by atoms with Crippen molar-refractivity contribution in [2.24, 2.45) is 0 Å². The Morgan fingerprint density at radius 2 is 1.52 bits per heavy atom. The SMILES string of the molecule is O=C(c1ccc(F)cc1)c1ccccc1NC(Cc1ccc(OCCc2cccc3c2[nH]c2ccccc23)cc1)C(=O)O.[Na]. The number of aromatic amines is 1. The van der Waals surface area contributed by atoms with E-state index in [0.717, 1.165) is 23.0 Å². The number of carboxylic acid groups (broad SMARTS) is 1. The summed E-state index contributed by atoms with van der Waals surface area (Å²) in [7, 11) is 0. The number of carboxylic acids is 1. The maximum Gasteiger partial charge on any atom is 0.326 e. The zero-order valence-corrected chi connectivity index (χ0v) is 26.2. The van der Waals surface area contributed by atoms with Crippen LogP contribution in [0.25, 0.3) is 21.8 Å². The predicted octanol–water partition coefficient (Wildman–Crippen LogP) is 7.04. The Hall–Kier alpha value is -4.43. The first-order valence-electron chi connectivity index (χ1n) is 14.0. The fourth-order valence-corrected chi connectivity index (χ4v) is 5.33. The minimum absolute atomic E-state index is 0. The molecule has 5 aromatic carbocycles. The van der Waals surface area contributed by atoms with Crippen LogP contribution in [0.1, 0.15) is 27.0 Å². The molecule has 0 aliphatic carbocycles. The van der Waals surface area contributed by atoms with Gasteiger partial charge in [0.25, 0.3) is 0 Å². The van der Waals surface area contributed by atoms with Gasteiger partial charge in [0.05, 0.1) is 6.61 Å². The molecule has 1 radical (unpaired) electrons. The van der Waals surface area contributed by atoms with Crippen molar-refractivity contribution < 1.29 is 23.8 Å². The topological polar surface area (TPSA) is 91.4 Å². The monoisotopic (exact) mass is 595 g/mol. The summed E-state index contributed by atoms with van der Waals surface area (Å²) >= 11 is 0. The summed E-state index contributed by atoms with van der Waals surface area (Å²) in [6, 6.07) is 32.9. The number of fused-ring (bicyclic) bond motifs is 3. The number of carbonyl (C=O) groups is 2. The third-order valence-corrected chi connectivity index (χ3v) is 7.54. The Bertz CT molecular complexity index is 1920. The molecule has 6 rings (SSSR count). The first-order valence-corrected chi connectivity index (χ1v) is 14.0. The molecule has 1 unspecified atom stereocenters. The molecule has 0 aliphatic heterocycles. The van der Waals surface area contributed by atoms with E-state index in [1.165, 1.54) is 40.6 Å². The van der Waals surface area contributed by atoms with Crippen molar-refractivity contribution in [3.8, 4) is 5.75 Å². The molecule has 3 N–H and O–H groups in total. The molecule has 0 saturated heterocycles. The number of ether oxygens (including phenoxy) is 1. The van der Waals surface area contributed by atoms with Crippen LogP contribution in [0.15, 0.2) is 115 Å². The number of rotatable bonds is 11. The normalized spacial score (nSPS) is 11.6. The minimum atomic E-state index is -1.05. The molecule has 215 valence electrons. The summed E-state index contributed by atoms with van der Waals surface area (Å²) in [6.45, 7) is 0.492. The molecule has 0 bridgehead atoms. The first kappa shape index (κ1) is 31.0. The van der Waals surface area contributed by atoms with Crippen LogP contribution in [0.3, 0.4) is 0 Å². The van der Waals surface area contributed by atoms with Crippen molar-refractivity contribution in [3.05, 3.63) is 143 Å². The summed E-state index contributed by atoms with van der Waals surface area (Å²) in [5.41, 5.74) is 5.24. The molecule has 0 saturated carbocycles. The minimum Gasteiger partial charge on any atom is -0.493 e. The number of para-hydroxylation sites is 3. The number of aromatic nitrogens is 1. The molecule has 6 nitrogen and oxygen atoms in total. The van der Waals surface area contributed by atoms with Crippen LogP contribution in [0, 0.1) is 5.82 Å². The average Bonchev–Trinajstić information content (AvgIpc) is 3.41. The van der Waals surface area contributed by atoms with Crippen LogP contribution in [0.4, 0.5) is 10.1 Å². The third kappa shape index (κ3) is 6.86. The molecule has 1 heterocycles. The van der Waals surface area contributed by atoms with Crippen molar-refractivity contribution >= 4 is 68.8 Å². The molecule has 0 amide bonds. The number of benzene rings is 5. The van der Waals surface area contributed by atoms with Crippen LogP contribution in [-0.2, 0) is 17.6 Å². The van der Waals surface area contributed by atoms with E-state index in [2.05, 4.69) is 40.6 Å². The van der Waals surface area contributed by atoms with Crippen LogP contribution in [0.2, 0.25) is 0 Å². The summed E-state index contributed by atoms with van der Waals surface area (Å²) in [5, 5.41) is 15.4. The first-order chi connectivity index (χ1) is 21.0. The Labute approximate surface area is 276 Å². The second-order valence-corrected chi connectivity index (χ2v) is 10.4. The van der Waals surface area contributed by atoms with Crippen LogP contribution in [-0.4, -0.2) is 64.0 Å². The molecule has 0 fully saturated rings. The van der Waals surface area contributed by atoms with Crippen molar-refractivity contribution in [1.29, 1.82) is 0 Å². The standard InChI is InChI=1S/C36H29FN2O4.Na/c37-26-16-14-25(15-17-26)35(40)30-8-2-4-11-32(30)38-33(36(41)42)22-23-12-18-27(19-13-23)43-21-20-24-6-5-9-29-28-7-1-3-10-31(28)39-34(24)29;/h1-19,33,38-39H,20-22H2,(H,41,42);.